The number of furan rings is 1. The number of benzene rings is 3. The lowest BCUT2D eigenvalue weighted by Crippen LogP contribution is -2.44. The summed E-state index contributed by atoms with van der Waals surface area (Å²) < 4.78 is 19.2. The van der Waals surface area contributed by atoms with Gasteiger partial charge in [0.2, 0.25) is 5.91 Å². The number of halogens is 1. The van der Waals surface area contributed by atoms with Crippen molar-refractivity contribution in [1.29, 1.82) is 0 Å². The molecule has 0 aliphatic rings. The van der Waals surface area contributed by atoms with Crippen molar-refractivity contribution in [2.24, 2.45) is 0 Å². The van der Waals surface area contributed by atoms with Crippen LogP contribution in [0.15, 0.2) is 108 Å². The Hall–Kier alpha value is -4.78. The maximum Gasteiger partial charge on any atom is 0.294 e. The van der Waals surface area contributed by atoms with E-state index in [2.05, 4.69) is 31.1 Å². The second-order valence-electron chi connectivity index (χ2n) is 11.0. The molecule has 2 heterocycles. The SMILES string of the molecule is CC(C)(C)c1ccc(N(C(=O)c2ccco2)C(C(=O)NCCc2cccc(F)c2)c2cncc3ccccc23)cc1. The van der Waals surface area contributed by atoms with Gasteiger partial charge in [-0.05, 0) is 64.7 Å². The molecule has 5 rings (SSSR count). The first-order valence-corrected chi connectivity index (χ1v) is 13.5. The second kappa shape index (κ2) is 11.8. The van der Waals surface area contributed by atoms with Crippen molar-refractivity contribution < 1.29 is 18.4 Å². The topological polar surface area (TPSA) is 75.4 Å². The molecular weight excluding hydrogens is 517 g/mol. The Morgan fingerprint density at radius 3 is 2.44 bits per heavy atom. The molecule has 0 aliphatic carbocycles. The zero-order chi connectivity index (χ0) is 29.0. The number of aromatic nitrogens is 1. The minimum Gasteiger partial charge on any atom is -0.459 e. The molecule has 41 heavy (non-hydrogen) atoms. The van der Waals surface area contributed by atoms with Crippen molar-refractivity contribution in [3.8, 4) is 0 Å². The van der Waals surface area contributed by atoms with E-state index in [-0.39, 0.29) is 29.4 Å². The average molecular weight is 550 g/mol. The molecule has 5 aromatic rings. The molecule has 7 heteroatoms. The van der Waals surface area contributed by atoms with Gasteiger partial charge in [-0.1, -0.05) is 69.3 Å². The number of nitrogens with zero attached hydrogens (tertiary/aromatic N) is 2. The molecule has 3 aromatic carbocycles. The summed E-state index contributed by atoms with van der Waals surface area (Å²) in [5.74, 6) is -1.07. The van der Waals surface area contributed by atoms with E-state index in [0.29, 0.717) is 17.7 Å². The molecule has 6 nitrogen and oxygen atoms in total. The minimum absolute atomic E-state index is 0.0956. The standard InChI is InChI=1S/C34H32FN3O3/c1-34(2,3)25-13-15-27(16-14-25)38(33(40)30-12-7-19-41-30)31(29-22-36-21-24-9-4-5-11-28(24)29)32(39)37-18-17-23-8-6-10-26(35)20-23/h4-16,19-22,31H,17-18H2,1-3H3,(H,37,39). The molecule has 208 valence electrons. The van der Waals surface area contributed by atoms with E-state index in [4.69, 9.17) is 4.42 Å². The molecule has 2 aromatic heterocycles. The van der Waals surface area contributed by atoms with Gasteiger partial charge in [0.1, 0.15) is 11.9 Å². The van der Waals surface area contributed by atoms with Crippen LogP contribution in [0, 0.1) is 5.82 Å². The third-order valence-electron chi connectivity index (χ3n) is 7.06. The Bertz CT molecular complexity index is 1650. The van der Waals surface area contributed by atoms with Crippen LogP contribution < -0.4 is 10.2 Å². The van der Waals surface area contributed by atoms with E-state index in [1.165, 1.54) is 23.3 Å². The lowest BCUT2D eigenvalue weighted by atomic mass is 9.87. The minimum atomic E-state index is -1.07. The van der Waals surface area contributed by atoms with Crippen LogP contribution >= 0.6 is 0 Å². The maximum absolute atomic E-state index is 14.1. The number of nitrogens with one attached hydrogen (secondary N) is 1. The van der Waals surface area contributed by atoms with Gasteiger partial charge in [0.25, 0.3) is 5.91 Å². The van der Waals surface area contributed by atoms with Crippen LogP contribution in [-0.2, 0) is 16.6 Å². The zero-order valence-corrected chi connectivity index (χ0v) is 23.3. The van der Waals surface area contributed by atoms with E-state index in [1.807, 2.05) is 54.6 Å². The van der Waals surface area contributed by atoms with Gasteiger partial charge in [-0.2, -0.15) is 0 Å². The van der Waals surface area contributed by atoms with Gasteiger partial charge in [-0.25, -0.2) is 4.39 Å². The van der Waals surface area contributed by atoms with Crippen molar-refractivity contribution in [2.75, 3.05) is 11.4 Å². The quantitative estimate of drug-likeness (QED) is 0.226. The molecule has 1 N–H and O–H groups in total. The summed E-state index contributed by atoms with van der Waals surface area (Å²) in [5, 5.41) is 4.63. The third kappa shape index (κ3) is 6.19. The van der Waals surface area contributed by atoms with Crippen LogP contribution in [0.3, 0.4) is 0 Å². The molecule has 0 spiro atoms. The van der Waals surface area contributed by atoms with Crippen LogP contribution in [0.4, 0.5) is 10.1 Å². The molecule has 0 fully saturated rings. The second-order valence-corrected chi connectivity index (χ2v) is 11.0. The molecule has 2 amide bonds. The van der Waals surface area contributed by atoms with Crippen LogP contribution in [0.2, 0.25) is 0 Å². The first-order chi connectivity index (χ1) is 19.7. The summed E-state index contributed by atoms with van der Waals surface area (Å²) in [6, 6.07) is 23.7. The van der Waals surface area contributed by atoms with Crippen molar-refractivity contribution in [3.63, 3.8) is 0 Å². The number of amides is 2. The van der Waals surface area contributed by atoms with Crippen molar-refractivity contribution >= 4 is 28.3 Å². The fourth-order valence-corrected chi connectivity index (χ4v) is 4.90. The number of hydrogen-bond donors (Lipinski definition) is 1. The number of carbonyl (C=O) groups excluding carboxylic acids is 2. The first-order valence-electron chi connectivity index (χ1n) is 13.5. The highest BCUT2D eigenvalue weighted by Crippen LogP contribution is 2.34. The van der Waals surface area contributed by atoms with E-state index in [0.717, 1.165) is 21.9 Å². The number of hydrogen-bond acceptors (Lipinski definition) is 4. The molecule has 0 radical (unpaired) electrons. The molecule has 0 saturated carbocycles. The number of anilines is 1. The lowest BCUT2D eigenvalue weighted by molar-refractivity contribution is -0.122. The first kappa shape index (κ1) is 27.8. The number of rotatable bonds is 8. The van der Waals surface area contributed by atoms with E-state index < -0.39 is 11.9 Å². The monoisotopic (exact) mass is 549 g/mol. The van der Waals surface area contributed by atoms with Crippen LogP contribution in [0.1, 0.15) is 54.1 Å². The summed E-state index contributed by atoms with van der Waals surface area (Å²) in [6.07, 6.45) is 5.22. The maximum atomic E-state index is 14.1. The van der Waals surface area contributed by atoms with Gasteiger partial charge < -0.3 is 9.73 Å². The number of pyridine rings is 1. The molecule has 0 aliphatic heterocycles. The molecule has 1 unspecified atom stereocenters. The van der Waals surface area contributed by atoms with Crippen molar-refractivity contribution in [3.05, 3.63) is 132 Å². The van der Waals surface area contributed by atoms with Gasteiger partial charge in [-0.3, -0.25) is 19.5 Å². The predicted octanol–water partition coefficient (Wildman–Crippen LogP) is 7.01. The Morgan fingerprint density at radius 1 is 0.951 bits per heavy atom. The lowest BCUT2D eigenvalue weighted by Gasteiger charge is -2.32. The summed E-state index contributed by atoms with van der Waals surface area (Å²) in [6.45, 7) is 6.60. The highest BCUT2D eigenvalue weighted by Gasteiger charge is 2.36. The van der Waals surface area contributed by atoms with Gasteiger partial charge in [0.15, 0.2) is 5.76 Å². The summed E-state index contributed by atoms with van der Waals surface area (Å²) in [4.78, 5) is 34.1. The third-order valence-corrected chi connectivity index (χ3v) is 7.06. The number of carbonyl (C=O) groups is 2. The molecule has 1 atom stereocenters. The Balaban J connectivity index is 1.60. The van der Waals surface area contributed by atoms with Crippen LogP contribution in [-0.4, -0.2) is 23.3 Å². The molecule has 0 bridgehead atoms. The summed E-state index contributed by atoms with van der Waals surface area (Å²) in [7, 11) is 0. The molecule has 0 saturated heterocycles. The van der Waals surface area contributed by atoms with Crippen LogP contribution in [0.5, 0.6) is 0 Å². The predicted molar refractivity (Wildman–Crippen MR) is 158 cm³/mol. The Kier molecular flexibility index (Phi) is 7.97. The Labute approximate surface area is 238 Å². The summed E-state index contributed by atoms with van der Waals surface area (Å²) in [5.41, 5.74) is 2.87. The fourth-order valence-electron chi connectivity index (χ4n) is 4.90. The van der Waals surface area contributed by atoms with Gasteiger partial charge in [-0.15, -0.1) is 0 Å². The highest BCUT2D eigenvalue weighted by molar-refractivity contribution is 6.09. The van der Waals surface area contributed by atoms with Gasteiger partial charge in [0.05, 0.1) is 6.26 Å². The highest BCUT2D eigenvalue weighted by atomic mass is 19.1. The fraction of sp³-hybridized carbons (Fsp3) is 0.206. The summed E-state index contributed by atoms with van der Waals surface area (Å²) >= 11 is 0. The smallest absolute Gasteiger partial charge is 0.294 e. The largest absolute Gasteiger partial charge is 0.459 e. The van der Waals surface area contributed by atoms with E-state index in [1.54, 1.807) is 30.6 Å². The van der Waals surface area contributed by atoms with E-state index >= 15 is 0 Å². The normalized spacial score (nSPS) is 12.2. The molecular formula is C34H32FN3O3. The Morgan fingerprint density at radius 2 is 1.73 bits per heavy atom. The average Bonchev–Trinajstić information content (AvgIpc) is 3.50. The van der Waals surface area contributed by atoms with Gasteiger partial charge >= 0.3 is 0 Å². The van der Waals surface area contributed by atoms with Crippen LogP contribution in [0.25, 0.3) is 10.8 Å². The van der Waals surface area contributed by atoms with Crippen molar-refractivity contribution in [2.45, 2.75) is 38.6 Å². The zero-order valence-electron chi connectivity index (χ0n) is 23.3. The van der Waals surface area contributed by atoms with Gasteiger partial charge in [0, 0.05) is 35.6 Å². The number of fused-ring (bicyclic) bond motifs is 1. The van der Waals surface area contributed by atoms with Crippen molar-refractivity contribution in [1.82, 2.24) is 10.3 Å². The van der Waals surface area contributed by atoms with E-state index in [9.17, 15) is 14.0 Å².